The predicted octanol–water partition coefficient (Wildman–Crippen LogP) is 14.1. The second-order valence-electron chi connectivity index (χ2n) is 14.0. The van der Waals surface area contributed by atoms with Gasteiger partial charge in [-0.1, -0.05) is 152 Å². The molecular weight excluding hydrogens is 703 g/mol. The summed E-state index contributed by atoms with van der Waals surface area (Å²) in [5.74, 6) is 1.94. The van der Waals surface area contributed by atoms with E-state index in [-0.39, 0.29) is 0 Å². The van der Waals surface area contributed by atoms with Gasteiger partial charge in [0.2, 0.25) is 0 Å². The monoisotopic (exact) mass is 733 g/mol. The fourth-order valence-electron chi connectivity index (χ4n) is 7.83. The van der Waals surface area contributed by atoms with E-state index in [4.69, 9.17) is 19.4 Å². The minimum Gasteiger partial charge on any atom is -0.456 e. The number of aromatic nitrogens is 3. The van der Waals surface area contributed by atoms with Crippen molar-refractivity contribution in [1.29, 1.82) is 0 Å². The Morgan fingerprint density at radius 3 is 1.75 bits per heavy atom. The van der Waals surface area contributed by atoms with Crippen LogP contribution in [0.5, 0.6) is 0 Å². The van der Waals surface area contributed by atoms with Gasteiger partial charge in [-0.2, -0.15) is 0 Å². The predicted molar refractivity (Wildman–Crippen MR) is 233 cm³/mol. The van der Waals surface area contributed by atoms with E-state index in [0.717, 1.165) is 76.7 Å². The van der Waals surface area contributed by atoms with Crippen molar-refractivity contribution in [2.24, 2.45) is 0 Å². The summed E-state index contributed by atoms with van der Waals surface area (Å²) in [7, 11) is 0. The van der Waals surface area contributed by atoms with Gasteiger partial charge in [0.1, 0.15) is 11.2 Å². The van der Waals surface area contributed by atoms with E-state index < -0.39 is 0 Å². The van der Waals surface area contributed by atoms with Crippen molar-refractivity contribution in [2.75, 3.05) is 0 Å². The third kappa shape index (κ3) is 5.56. The number of para-hydroxylation sites is 1. The lowest BCUT2D eigenvalue weighted by atomic mass is 9.94. The molecule has 4 nitrogen and oxygen atoms in total. The fraction of sp³-hybridized carbons (Fsp3) is 0. The third-order valence-electron chi connectivity index (χ3n) is 10.5. The molecule has 0 aliphatic heterocycles. The van der Waals surface area contributed by atoms with Crippen LogP contribution in [0.15, 0.2) is 192 Å². The van der Waals surface area contributed by atoms with Gasteiger partial charge in [0.15, 0.2) is 17.5 Å². The number of furan rings is 1. The second-order valence-corrected chi connectivity index (χ2v) is 15.0. The molecule has 8 aromatic carbocycles. The molecule has 0 unspecified atom stereocenters. The maximum atomic E-state index is 6.47. The zero-order chi connectivity index (χ0) is 37.0. The molecule has 0 bridgehead atoms. The molecule has 11 rings (SSSR count). The summed E-state index contributed by atoms with van der Waals surface area (Å²) in [4.78, 5) is 15.3. The Labute approximate surface area is 327 Å². The molecular formula is C51H31N3OS. The van der Waals surface area contributed by atoms with E-state index in [0.29, 0.717) is 17.5 Å². The van der Waals surface area contributed by atoms with E-state index in [2.05, 4.69) is 152 Å². The molecule has 0 spiro atoms. The van der Waals surface area contributed by atoms with E-state index in [9.17, 15) is 0 Å². The van der Waals surface area contributed by atoms with Crippen LogP contribution >= 0.6 is 11.3 Å². The molecule has 0 saturated carbocycles. The quantitative estimate of drug-likeness (QED) is 0.171. The van der Waals surface area contributed by atoms with Crippen molar-refractivity contribution < 1.29 is 4.42 Å². The zero-order valence-electron chi connectivity index (χ0n) is 30.1. The number of benzene rings is 8. The van der Waals surface area contributed by atoms with Gasteiger partial charge in [0.25, 0.3) is 0 Å². The Kier molecular flexibility index (Phi) is 7.64. The SMILES string of the molecule is c1ccc(-c2cccc(-c3nc(-c4ccccc4)nc(-c4cccc5c4sc4cc(-c6cc(-c7ccccc7)c7c(c6)oc6ccccc67)ccc45)n3)c2)cc1. The molecule has 3 aromatic heterocycles. The van der Waals surface area contributed by atoms with Crippen LogP contribution in [0.25, 0.3) is 110 Å². The van der Waals surface area contributed by atoms with Crippen LogP contribution in [0.3, 0.4) is 0 Å². The van der Waals surface area contributed by atoms with Crippen molar-refractivity contribution in [3.05, 3.63) is 188 Å². The third-order valence-corrected chi connectivity index (χ3v) is 11.7. The topological polar surface area (TPSA) is 51.8 Å². The van der Waals surface area contributed by atoms with Crippen molar-refractivity contribution >= 4 is 53.4 Å². The van der Waals surface area contributed by atoms with Crippen molar-refractivity contribution in [3.8, 4) is 67.5 Å². The summed E-state index contributed by atoms with van der Waals surface area (Å²) in [6.07, 6.45) is 0. The van der Waals surface area contributed by atoms with Crippen LogP contribution in [-0.4, -0.2) is 15.0 Å². The number of rotatable bonds is 6. The van der Waals surface area contributed by atoms with Crippen molar-refractivity contribution in [1.82, 2.24) is 15.0 Å². The Hall–Kier alpha value is -7.21. The van der Waals surface area contributed by atoms with Gasteiger partial charge in [0.05, 0.1) is 0 Å². The second kappa shape index (κ2) is 13.3. The number of hydrogen-bond donors (Lipinski definition) is 0. The molecule has 0 atom stereocenters. The summed E-state index contributed by atoms with van der Waals surface area (Å²) in [6, 6.07) is 65.6. The number of thiophene rings is 1. The van der Waals surface area contributed by atoms with E-state index in [1.165, 1.54) is 15.5 Å². The molecule has 0 aliphatic rings. The molecule has 0 N–H and O–H groups in total. The van der Waals surface area contributed by atoms with Gasteiger partial charge in [-0.3, -0.25) is 0 Å². The van der Waals surface area contributed by atoms with Crippen LogP contribution in [0.1, 0.15) is 0 Å². The lowest BCUT2D eigenvalue weighted by Gasteiger charge is -2.10. The first-order valence-electron chi connectivity index (χ1n) is 18.7. The molecule has 56 heavy (non-hydrogen) atoms. The number of nitrogens with zero attached hydrogens (tertiary/aromatic N) is 3. The maximum absolute atomic E-state index is 6.47. The Morgan fingerprint density at radius 1 is 0.339 bits per heavy atom. The van der Waals surface area contributed by atoms with E-state index >= 15 is 0 Å². The molecule has 0 fully saturated rings. The lowest BCUT2D eigenvalue weighted by Crippen LogP contribution is -2.00. The Morgan fingerprint density at radius 2 is 0.946 bits per heavy atom. The first-order chi connectivity index (χ1) is 27.7. The molecule has 0 radical (unpaired) electrons. The molecule has 11 aromatic rings. The average Bonchev–Trinajstić information content (AvgIpc) is 3.85. The van der Waals surface area contributed by atoms with E-state index in [1.54, 1.807) is 11.3 Å². The first-order valence-corrected chi connectivity index (χ1v) is 19.5. The van der Waals surface area contributed by atoms with Crippen LogP contribution in [0.4, 0.5) is 0 Å². The zero-order valence-corrected chi connectivity index (χ0v) is 30.9. The molecule has 3 heterocycles. The number of fused-ring (bicyclic) bond motifs is 6. The summed E-state index contributed by atoms with van der Waals surface area (Å²) >= 11 is 1.78. The first kappa shape index (κ1) is 32.2. The summed E-state index contributed by atoms with van der Waals surface area (Å²) in [6.45, 7) is 0. The van der Waals surface area contributed by atoms with Crippen molar-refractivity contribution in [3.63, 3.8) is 0 Å². The summed E-state index contributed by atoms with van der Waals surface area (Å²) < 4.78 is 8.82. The molecule has 262 valence electrons. The molecule has 0 saturated heterocycles. The summed E-state index contributed by atoms with van der Waals surface area (Å²) in [5, 5.41) is 4.65. The highest BCUT2D eigenvalue weighted by molar-refractivity contribution is 7.26. The van der Waals surface area contributed by atoms with Crippen LogP contribution in [0, 0.1) is 0 Å². The van der Waals surface area contributed by atoms with Crippen LogP contribution in [-0.2, 0) is 0 Å². The lowest BCUT2D eigenvalue weighted by molar-refractivity contribution is 0.669. The largest absolute Gasteiger partial charge is 0.456 e. The minimum atomic E-state index is 0.641. The Bertz CT molecular complexity index is 3240. The number of hydrogen-bond acceptors (Lipinski definition) is 5. The maximum Gasteiger partial charge on any atom is 0.165 e. The van der Waals surface area contributed by atoms with Gasteiger partial charge in [-0.25, -0.2) is 15.0 Å². The smallest absolute Gasteiger partial charge is 0.165 e. The molecule has 5 heteroatoms. The van der Waals surface area contributed by atoms with Crippen molar-refractivity contribution in [2.45, 2.75) is 0 Å². The molecule has 0 amide bonds. The van der Waals surface area contributed by atoms with Gasteiger partial charge >= 0.3 is 0 Å². The Balaban J connectivity index is 1.07. The van der Waals surface area contributed by atoms with Crippen LogP contribution < -0.4 is 0 Å². The standard InChI is InChI=1S/C51H31N3OS/c1-4-14-32(15-5-1)35-20-12-21-37(28-35)50-52-49(34-18-8-3-9-19-34)53-51(54-50)42-24-13-23-40-39-27-26-36(31-46(39)56-48(40)42)38-29-43(33-16-6-2-7-17-33)47-41-22-10-11-25-44(41)55-45(47)30-38/h1-31H. The van der Waals surface area contributed by atoms with Gasteiger partial charge in [0, 0.05) is 47.6 Å². The molecule has 0 aliphatic carbocycles. The average molecular weight is 734 g/mol. The highest BCUT2D eigenvalue weighted by Gasteiger charge is 2.19. The van der Waals surface area contributed by atoms with Crippen LogP contribution in [0.2, 0.25) is 0 Å². The van der Waals surface area contributed by atoms with Gasteiger partial charge < -0.3 is 4.42 Å². The van der Waals surface area contributed by atoms with E-state index in [1.807, 2.05) is 36.4 Å². The summed E-state index contributed by atoms with van der Waals surface area (Å²) in [5.41, 5.74) is 11.5. The van der Waals surface area contributed by atoms with Gasteiger partial charge in [-0.15, -0.1) is 11.3 Å². The highest BCUT2D eigenvalue weighted by atomic mass is 32.1. The fourth-order valence-corrected chi connectivity index (χ4v) is 9.08. The van der Waals surface area contributed by atoms with Gasteiger partial charge in [-0.05, 0) is 69.8 Å². The highest BCUT2D eigenvalue weighted by Crippen LogP contribution is 2.44. The normalized spacial score (nSPS) is 11.6. The minimum absolute atomic E-state index is 0.641.